The molecular formula is C15H18O2. The Morgan fingerprint density at radius 3 is 2.41 bits per heavy atom. The maximum Gasteiger partial charge on any atom is 0.111 e. The molecule has 0 amide bonds. The summed E-state index contributed by atoms with van der Waals surface area (Å²) in [6, 6.07) is 7.68. The van der Waals surface area contributed by atoms with Crippen LogP contribution in [0.15, 0.2) is 55.3 Å². The maximum absolute atomic E-state index is 9.58. The number of rotatable bonds is 5. The largest absolute Gasteiger partial charge is 0.497 e. The predicted octanol–water partition coefficient (Wildman–Crippen LogP) is 3.47. The van der Waals surface area contributed by atoms with Crippen LogP contribution in [-0.2, 0) is 4.74 Å². The first-order chi connectivity index (χ1) is 8.08. The topological polar surface area (TPSA) is 29.5 Å². The molecule has 0 fully saturated rings. The Morgan fingerprint density at radius 2 is 1.94 bits per heavy atom. The van der Waals surface area contributed by atoms with Crippen molar-refractivity contribution in [2.75, 3.05) is 7.11 Å². The maximum atomic E-state index is 9.58. The second-order valence-corrected chi connectivity index (χ2v) is 3.80. The van der Waals surface area contributed by atoms with Gasteiger partial charge in [-0.2, -0.15) is 0 Å². The molecule has 0 aliphatic carbocycles. The van der Waals surface area contributed by atoms with Crippen LogP contribution in [0.5, 0.6) is 0 Å². The smallest absolute Gasteiger partial charge is 0.111 e. The highest BCUT2D eigenvalue weighted by Crippen LogP contribution is 2.19. The van der Waals surface area contributed by atoms with E-state index in [9.17, 15) is 5.11 Å². The van der Waals surface area contributed by atoms with Gasteiger partial charge in [0, 0.05) is 0 Å². The molecule has 90 valence electrons. The number of methoxy groups -OCH3 is 1. The number of ether oxygens (including phenoxy) is 1. The molecular weight excluding hydrogens is 212 g/mol. The first-order valence-corrected chi connectivity index (χ1v) is 5.40. The summed E-state index contributed by atoms with van der Waals surface area (Å²) in [7, 11) is 1.59. The lowest BCUT2D eigenvalue weighted by molar-refractivity contribution is 0.229. The normalized spacial score (nSPS) is 13.0. The van der Waals surface area contributed by atoms with Gasteiger partial charge in [0.25, 0.3) is 0 Å². The van der Waals surface area contributed by atoms with Crippen molar-refractivity contribution in [1.82, 2.24) is 0 Å². The quantitative estimate of drug-likeness (QED) is 0.477. The van der Waals surface area contributed by atoms with E-state index in [2.05, 4.69) is 13.2 Å². The Morgan fingerprint density at radius 1 is 1.35 bits per heavy atom. The molecule has 2 nitrogen and oxygen atoms in total. The van der Waals surface area contributed by atoms with E-state index in [0.29, 0.717) is 5.76 Å². The van der Waals surface area contributed by atoms with Gasteiger partial charge in [0.2, 0.25) is 0 Å². The van der Waals surface area contributed by atoms with Gasteiger partial charge < -0.3 is 9.84 Å². The summed E-state index contributed by atoms with van der Waals surface area (Å²) in [5.74, 6) is 0.623. The minimum atomic E-state index is -0.609. The summed E-state index contributed by atoms with van der Waals surface area (Å²) in [5.41, 5.74) is 2.97. The van der Waals surface area contributed by atoms with E-state index >= 15 is 0 Å². The van der Waals surface area contributed by atoms with E-state index in [0.717, 1.165) is 16.7 Å². The van der Waals surface area contributed by atoms with Gasteiger partial charge in [-0.05, 0) is 29.7 Å². The van der Waals surface area contributed by atoms with E-state index in [1.807, 2.05) is 37.3 Å². The van der Waals surface area contributed by atoms with Crippen LogP contribution in [0.25, 0.3) is 5.57 Å². The van der Waals surface area contributed by atoms with Gasteiger partial charge in [0.15, 0.2) is 0 Å². The van der Waals surface area contributed by atoms with Crippen molar-refractivity contribution in [2.24, 2.45) is 0 Å². The van der Waals surface area contributed by atoms with Gasteiger partial charge in [-0.1, -0.05) is 36.9 Å². The molecule has 0 heterocycles. The average molecular weight is 230 g/mol. The molecule has 2 heteroatoms. The summed E-state index contributed by atoms with van der Waals surface area (Å²) in [4.78, 5) is 0. The Hall–Kier alpha value is -1.80. The number of benzene rings is 1. The van der Waals surface area contributed by atoms with Crippen LogP contribution in [0.2, 0.25) is 0 Å². The van der Waals surface area contributed by atoms with E-state index in [4.69, 9.17) is 4.74 Å². The van der Waals surface area contributed by atoms with Crippen LogP contribution >= 0.6 is 0 Å². The molecule has 0 saturated carbocycles. The molecule has 1 rings (SSSR count). The van der Waals surface area contributed by atoms with Crippen molar-refractivity contribution in [3.05, 3.63) is 66.5 Å². The van der Waals surface area contributed by atoms with Crippen LogP contribution in [0.3, 0.4) is 0 Å². The molecule has 0 spiro atoms. The summed E-state index contributed by atoms with van der Waals surface area (Å²) >= 11 is 0. The minimum absolute atomic E-state index is 0.609. The van der Waals surface area contributed by atoms with Crippen molar-refractivity contribution < 1.29 is 9.84 Å². The number of aliphatic hydroxyl groups excluding tert-OH is 1. The fraction of sp³-hybridized carbons (Fsp3) is 0.200. The number of hydrogen-bond donors (Lipinski definition) is 1. The lowest BCUT2D eigenvalue weighted by Gasteiger charge is -2.08. The molecule has 0 aromatic heterocycles. The summed E-state index contributed by atoms with van der Waals surface area (Å²) < 4.78 is 5.00. The third kappa shape index (κ3) is 3.61. The molecule has 1 unspecified atom stereocenters. The number of hydrogen-bond acceptors (Lipinski definition) is 2. The average Bonchev–Trinajstić information content (AvgIpc) is 2.37. The zero-order valence-corrected chi connectivity index (χ0v) is 10.3. The standard InChI is InChI=1S/C15H18O2/c1-5-15(16)14-8-6-13(7-9-14)11(2)10-12(3)17-4/h5-10,15-16H,1,3H2,2,4H3/b11-10+. The van der Waals surface area contributed by atoms with Gasteiger partial charge in [0.1, 0.15) is 5.76 Å². The van der Waals surface area contributed by atoms with E-state index in [1.165, 1.54) is 6.08 Å². The highest BCUT2D eigenvalue weighted by molar-refractivity contribution is 5.65. The van der Waals surface area contributed by atoms with Crippen molar-refractivity contribution in [3.63, 3.8) is 0 Å². The Labute approximate surface area is 103 Å². The van der Waals surface area contributed by atoms with Gasteiger partial charge in [-0.25, -0.2) is 0 Å². The van der Waals surface area contributed by atoms with Crippen molar-refractivity contribution in [2.45, 2.75) is 13.0 Å². The molecule has 1 aromatic rings. The molecule has 1 aromatic carbocycles. The Balaban J connectivity index is 2.91. The lowest BCUT2D eigenvalue weighted by Crippen LogP contribution is -1.92. The zero-order valence-electron chi connectivity index (χ0n) is 10.3. The molecule has 0 radical (unpaired) electrons. The van der Waals surface area contributed by atoms with E-state index < -0.39 is 6.10 Å². The summed E-state index contributed by atoms with van der Waals surface area (Å²) in [6.07, 6.45) is 2.77. The van der Waals surface area contributed by atoms with Crippen molar-refractivity contribution >= 4 is 5.57 Å². The fourth-order valence-corrected chi connectivity index (χ4v) is 1.46. The molecule has 0 saturated heterocycles. The van der Waals surface area contributed by atoms with Crippen molar-refractivity contribution in [3.8, 4) is 0 Å². The molecule has 1 atom stereocenters. The summed E-state index contributed by atoms with van der Waals surface area (Å²) in [5, 5.41) is 9.58. The fourth-order valence-electron chi connectivity index (χ4n) is 1.46. The third-order valence-electron chi connectivity index (χ3n) is 2.57. The first kappa shape index (κ1) is 13.3. The highest BCUT2D eigenvalue weighted by atomic mass is 16.5. The van der Waals surface area contributed by atoms with E-state index in [1.54, 1.807) is 7.11 Å². The van der Waals surface area contributed by atoms with Crippen LogP contribution in [0.4, 0.5) is 0 Å². The number of aliphatic hydroxyl groups is 1. The molecule has 0 aliphatic heterocycles. The summed E-state index contributed by atoms with van der Waals surface area (Å²) in [6.45, 7) is 9.29. The van der Waals surface area contributed by atoms with Gasteiger partial charge in [-0.15, -0.1) is 6.58 Å². The van der Waals surface area contributed by atoms with Crippen molar-refractivity contribution in [1.29, 1.82) is 0 Å². The zero-order chi connectivity index (χ0) is 12.8. The molecule has 0 aliphatic rings. The SMILES string of the molecule is C=CC(O)c1ccc(/C(C)=C/C(=C)OC)cc1. The minimum Gasteiger partial charge on any atom is -0.497 e. The van der Waals surface area contributed by atoms with Gasteiger partial charge in [0.05, 0.1) is 13.2 Å². The predicted molar refractivity (Wildman–Crippen MR) is 71.4 cm³/mol. The monoisotopic (exact) mass is 230 g/mol. The third-order valence-corrected chi connectivity index (χ3v) is 2.57. The molecule has 0 bridgehead atoms. The van der Waals surface area contributed by atoms with Crippen LogP contribution in [0.1, 0.15) is 24.2 Å². The molecule has 17 heavy (non-hydrogen) atoms. The van der Waals surface area contributed by atoms with Crippen LogP contribution in [0, 0.1) is 0 Å². The highest BCUT2D eigenvalue weighted by Gasteiger charge is 2.03. The second kappa shape index (κ2) is 6.06. The molecule has 1 N–H and O–H groups in total. The van der Waals surface area contributed by atoms with Crippen LogP contribution in [-0.4, -0.2) is 12.2 Å². The van der Waals surface area contributed by atoms with Gasteiger partial charge >= 0.3 is 0 Å². The van der Waals surface area contributed by atoms with Crippen LogP contribution < -0.4 is 0 Å². The Bertz CT molecular complexity index is 427. The first-order valence-electron chi connectivity index (χ1n) is 5.40. The lowest BCUT2D eigenvalue weighted by atomic mass is 10.0. The second-order valence-electron chi connectivity index (χ2n) is 3.80. The van der Waals surface area contributed by atoms with Gasteiger partial charge in [-0.3, -0.25) is 0 Å². The van der Waals surface area contributed by atoms with E-state index in [-0.39, 0.29) is 0 Å². The Kier molecular flexibility index (Phi) is 4.73. The number of allylic oxidation sites excluding steroid dienone is 2.